The molecule has 150 valence electrons. The summed E-state index contributed by atoms with van der Waals surface area (Å²) < 4.78 is 31.5. The summed E-state index contributed by atoms with van der Waals surface area (Å²) in [5, 5.41) is 3.16. The van der Waals surface area contributed by atoms with Gasteiger partial charge in [-0.25, -0.2) is 8.42 Å². The van der Waals surface area contributed by atoms with Crippen LogP contribution < -0.4 is 14.4 Å². The van der Waals surface area contributed by atoms with E-state index in [1.165, 1.54) is 29.8 Å². The number of nitrogens with one attached hydrogen (secondary N) is 1. The molecular weight excluding hydrogens is 364 g/mol. The van der Waals surface area contributed by atoms with Crippen molar-refractivity contribution < 1.29 is 17.9 Å². The fraction of sp³-hybridized carbons (Fsp3) is 0.650. The minimum absolute atomic E-state index is 0.0269. The standard InChI is InChI=1S/C20H30N2O4S/c1-3-26-19-8-5-4-7-18(19)22(27(2,24)25)12-6-9-20(23)21-17-14-15-10-11-16(17)13-15/h4-5,7-8,15-17H,3,6,9-14H2,1-2H3,(H,21,23). The predicted molar refractivity (Wildman–Crippen MR) is 106 cm³/mol. The second kappa shape index (κ2) is 8.50. The molecule has 2 bridgehead atoms. The van der Waals surface area contributed by atoms with Crippen LogP contribution in [0, 0.1) is 11.8 Å². The van der Waals surface area contributed by atoms with Crippen LogP contribution in [0.15, 0.2) is 24.3 Å². The van der Waals surface area contributed by atoms with E-state index in [0.717, 1.165) is 12.3 Å². The highest BCUT2D eigenvalue weighted by Crippen LogP contribution is 2.44. The molecule has 0 saturated heterocycles. The van der Waals surface area contributed by atoms with Crippen LogP contribution in [0.5, 0.6) is 5.75 Å². The number of amides is 1. The summed E-state index contributed by atoms with van der Waals surface area (Å²) in [5.41, 5.74) is 0.523. The zero-order valence-electron chi connectivity index (χ0n) is 16.2. The van der Waals surface area contributed by atoms with Crippen molar-refractivity contribution in [3.63, 3.8) is 0 Å². The summed E-state index contributed by atoms with van der Waals surface area (Å²) in [6, 6.07) is 7.43. The van der Waals surface area contributed by atoms with E-state index >= 15 is 0 Å². The van der Waals surface area contributed by atoms with Crippen molar-refractivity contribution in [3.05, 3.63) is 24.3 Å². The number of nitrogens with zero attached hydrogens (tertiary/aromatic N) is 1. The molecule has 0 aromatic heterocycles. The molecule has 0 aliphatic heterocycles. The van der Waals surface area contributed by atoms with Gasteiger partial charge < -0.3 is 10.1 Å². The fourth-order valence-electron chi connectivity index (χ4n) is 4.49. The minimum atomic E-state index is -3.46. The largest absolute Gasteiger partial charge is 0.492 e. The summed E-state index contributed by atoms with van der Waals surface area (Å²) in [4.78, 5) is 12.3. The Bertz CT molecular complexity index is 765. The summed E-state index contributed by atoms with van der Waals surface area (Å²) in [5.74, 6) is 2.00. The summed E-state index contributed by atoms with van der Waals surface area (Å²) in [6.07, 6.45) is 6.88. The maximum atomic E-state index is 12.3. The number of anilines is 1. The number of fused-ring (bicyclic) bond motifs is 2. The number of carbonyl (C=O) groups is 1. The Hall–Kier alpha value is -1.76. The molecule has 2 aliphatic carbocycles. The Labute approximate surface area is 162 Å². The maximum Gasteiger partial charge on any atom is 0.232 e. The van der Waals surface area contributed by atoms with Gasteiger partial charge in [-0.05, 0) is 56.6 Å². The molecule has 7 heteroatoms. The van der Waals surface area contributed by atoms with E-state index in [1.807, 2.05) is 13.0 Å². The van der Waals surface area contributed by atoms with E-state index < -0.39 is 10.0 Å². The zero-order valence-corrected chi connectivity index (χ0v) is 17.0. The number of rotatable bonds is 9. The SMILES string of the molecule is CCOc1ccccc1N(CCCC(=O)NC1CC2CCC1C2)S(C)(=O)=O. The van der Waals surface area contributed by atoms with E-state index in [1.54, 1.807) is 18.2 Å². The lowest BCUT2D eigenvalue weighted by Crippen LogP contribution is -2.39. The lowest BCUT2D eigenvalue weighted by molar-refractivity contribution is -0.122. The lowest BCUT2D eigenvalue weighted by Gasteiger charge is -2.25. The molecule has 27 heavy (non-hydrogen) atoms. The molecule has 3 unspecified atom stereocenters. The molecule has 0 radical (unpaired) electrons. The van der Waals surface area contributed by atoms with Gasteiger partial charge in [0.1, 0.15) is 5.75 Å². The second-order valence-corrected chi connectivity index (χ2v) is 9.60. The molecule has 2 aliphatic rings. The molecule has 1 amide bonds. The van der Waals surface area contributed by atoms with Crippen molar-refractivity contribution in [1.29, 1.82) is 0 Å². The Morgan fingerprint density at radius 3 is 2.67 bits per heavy atom. The van der Waals surface area contributed by atoms with Crippen molar-refractivity contribution in [2.75, 3.05) is 23.7 Å². The highest BCUT2D eigenvalue weighted by Gasteiger charge is 2.39. The first-order chi connectivity index (χ1) is 12.9. The molecule has 1 aromatic carbocycles. The van der Waals surface area contributed by atoms with Gasteiger partial charge in [0.2, 0.25) is 15.9 Å². The van der Waals surface area contributed by atoms with Crippen LogP contribution in [-0.4, -0.2) is 39.8 Å². The van der Waals surface area contributed by atoms with Gasteiger partial charge in [0.15, 0.2) is 0 Å². The van der Waals surface area contributed by atoms with Crippen molar-refractivity contribution in [3.8, 4) is 5.75 Å². The van der Waals surface area contributed by atoms with Crippen LogP contribution in [-0.2, 0) is 14.8 Å². The quantitative estimate of drug-likeness (QED) is 0.699. The topological polar surface area (TPSA) is 75.7 Å². The van der Waals surface area contributed by atoms with Crippen molar-refractivity contribution in [2.45, 2.75) is 51.5 Å². The molecule has 2 saturated carbocycles. The second-order valence-electron chi connectivity index (χ2n) is 7.69. The first kappa shape index (κ1) is 20.0. The zero-order chi connectivity index (χ0) is 19.4. The van der Waals surface area contributed by atoms with Crippen LogP contribution in [0.25, 0.3) is 0 Å². The first-order valence-corrected chi connectivity index (χ1v) is 11.7. The van der Waals surface area contributed by atoms with E-state index in [0.29, 0.717) is 42.8 Å². The average Bonchev–Trinajstić information content (AvgIpc) is 3.22. The molecule has 1 N–H and O–H groups in total. The highest BCUT2D eigenvalue weighted by atomic mass is 32.2. The molecular formula is C20H30N2O4S. The Kier molecular flexibility index (Phi) is 6.29. The monoisotopic (exact) mass is 394 g/mol. The summed E-state index contributed by atoms with van der Waals surface area (Å²) >= 11 is 0. The fourth-order valence-corrected chi connectivity index (χ4v) is 5.46. The molecule has 2 fully saturated rings. The van der Waals surface area contributed by atoms with Gasteiger partial charge in [-0.2, -0.15) is 0 Å². The third-order valence-electron chi connectivity index (χ3n) is 5.68. The van der Waals surface area contributed by atoms with Crippen molar-refractivity contribution >= 4 is 21.6 Å². The molecule has 0 spiro atoms. The minimum Gasteiger partial charge on any atom is -0.492 e. The Balaban J connectivity index is 1.57. The van der Waals surface area contributed by atoms with Crippen LogP contribution in [0.4, 0.5) is 5.69 Å². The van der Waals surface area contributed by atoms with Crippen LogP contribution in [0.1, 0.15) is 45.4 Å². The van der Waals surface area contributed by atoms with Gasteiger partial charge in [0.25, 0.3) is 0 Å². The van der Waals surface area contributed by atoms with E-state index in [-0.39, 0.29) is 12.5 Å². The number of sulfonamides is 1. The highest BCUT2D eigenvalue weighted by molar-refractivity contribution is 7.92. The van der Waals surface area contributed by atoms with Gasteiger partial charge in [0.05, 0.1) is 18.6 Å². The Morgan fingerprint density at radius 1 is 1.26 bits per heavy atom. The molecule has 6 nitrogen and oxygen atoms in total. The van der Waals surface area contributed by atoms with Gasteiger partial charge in [-0.1, -0.05) is 18.6 Å². The molecule has 3 rings (SSSR count). The number of hydrogen-bond acceptors (Lipinski definition) is 4. The smallest absolute Gasteiger partial charge is 0.232 e. The number of hydrogen-bond donors (Lipinski definition) is 1. The Morgan fingerprint density at radius 2 is 2.04 bits per heavy atom. The van der Waals surface area contributed by atoms with E-state index in [9.17, 15) is 13.2 Å². The van der Waals surface area contributed by atoms with Gasteiger partial charge >= 0.3 is 0 Å². The average molecular weight is 395 g/mol. The van der Waals surface area contributed by atoms with E-state index in [4.69, 9.17) is 4.74 Å². The predicted octanol–water partition coefficient (Wildman–Crippen LogP) is 2.94. The normalized spacial score (nSPS) is 24.0. The molecule has 1 aromatic rings. The first-order valence-electron chi connectivity index (χ1n) is 9.87. The van der Waals surface area contributed by atoms with Gasteiger partial charge in [-0.3, -0.25) is 9.10 Å². The van der Waals surface area contributed by atoms with E-state index in [2.05, 4.69) is 5.32 Å². The van der Waals surface area contributed by atoms with Crippen molar-refractivity contribution in [2.24, 2.45) is 11.8 Å². The number of benzene rings is 1. The third kappa shape index (κ3) is 4.94. The van der Waals surface area contributed by atoms with Crippen LogP contribution >= 0.6 is 0 Å². The lowest BCUT2D eigenvalue weighted by atomic mass is 9.95. The number of ether oxygens (including phenoxy) is 1. The van der Waals surface area contributed by atoms with Gasteiger partial charge in [-0.15, -0.1) is 0 Å². The van der Waals surface area contributed by atoms with Crippen LogP contribution in [0.3, 0.4) is 0 Å². The van der Waals surface area contributed by atoms with Crippen LogP contribution in [0.2, 0.25) is 0 Å². The number of carbonyl (C=O) groups excluding carboxylic acids is 1. The van der Waals surface area contributed by atoms with Crippen molar-refractivity contribution in [1.82, 2.24) is 5.32 Å². The molecule has 0 heterocycles. The maximum absolute atomic E-state index is 12.3. The molecule has 3 atom stereocenters. The summed E-state index contributed by atoms with van der Waals surface area (Å²) in [7, 11) is -3.46. The number of para-hydroxylation sites is 2. The third-order valence-corrected chi connectivity index (χ3v) is 6.86. The van der Waals surface area contributed by atoms with Gasteiger partial charge in [0, 0.05) is 19.0 Å². The summed E-state index contributed by atoms with van der Waals surface area (Å²) in [6.45, 7) is 2.58.